The van der Waals surface area contributed by atoms with Crippen molar-refractivity contribution in [2.75, 3.05) is 48.8 Å². The number of amides is 2. The van der Waals surface area contributed by atoms with Gasteiger partial charge in [-0.05, 0) is 43.4 Å². The van der Waals surface area contributed by atoms with Gasteiger partial charge in [0.1, 0.15) is 17.2 Å². The molecule has 8 nitrogen and oxygen atoms in total. The van der Waals surface area contributed by atoms with Gasteiger partial charge >= 0.3 is 0 Å². The summed E-state index contributed by atoms with van der Waals surface area (Å²) in [6.07, 6.45) is 1.27. The molecule has 1 aliphatic heterocycles. The molecule has 2 heterocycles. The third kappa shape index (κ3) is 4.59. The Labute approximate surface area is 183 Å². The molecule has 10 heteroatoms. The highest BCUT2D eigenvalue weighted by molar-refractivity contribution is 6.11. The van der Waals surface area contributed by atoms with E-state index in [0.29, 0.717) is 5.69 Å². The molecule has 0 atom stereocenters. The Kier molecular flexibility index (Phi) is 6.13. The first-order valence-corrected chi connectivity index (χ1v) is 10.1. The maximum atomic E-state index is 13.9. The number of anilines is 3. The van der Waals surface area contributed by atoms with Crippen LogP contribution in [-0.2, 0) is 0 Å². The van der Waals surface area contributed by atoms with E-state index in [9.17, 15) is 18.4 Å². The predicted molar refractivity (Wildman–Crippen MR) is 117 cm³/mol. The van der Waals surface area contributed by atoms with Crippen molar-refractivity contribution in [3.8, 4) is 0 Å². The lowest BCUT2D eigenvalue weighted by Gasteiger charge is -2.34. The third-order valence-electron chi connectivity index (χ3n) is 5.29. The van der Waals surface area contributed by atoms with Crippen LogP contribution in [0.3, 0.4) is 0 Å². The molecule has 0 bridgehead atoms. The van der Waals surface area contributed by atoms with E-state index in [0.717, 1.165) is 50.1 Å². The number of hydrogen-bond donors (Lipinski definition) is 3. The van der Waals surface area contributed by atoms with Crippen molar-refractivity contribution in [2.24, 2.45) is 0 Å². The molecule has 166 valence electrons. The van der Waals surface area contributed by atoms with Crippen LogP contribution < -0.4 is 15.5 Å². The van der Waals surface area contributed by atoms with Crippen molar-refractivity contribution >= 4 is 28.9 Å². The van der Waals surface area contributed by atoms with Crippen LogP contribution in [0.15, 0.2) is 48.7 Å². The molecule has 0 spiro atoms. The molecular weight excluding hydrogens is 418 g/mol. The summed E-state index contributed by atoms with van der Waals surface area (Å²) in [7, 11) is 2.09. The average molecular weight is 440 g/mol. The standard InChI is InChI=1S/C22H22F2N6O2/c1-29-9-11-30(12-10-29)15-7-5-14(6-8-15)26-22(32)20-18(13-25-28-20)27-21(31)19-16(23)3-2-4-17(19)24/h2-8,13H,9-12H2,1H3,(H,25,28)(H,26,32)(H,27,31). The lowest BCUT2D eigenvalue weighted by atomic mass is 10.2. The lowest BCUT2D eigenvalue weighted by molar-refractivity contribution is 0.101. The van der Waals surface area contributed by atoms with E-state index in [4.69, 9.17) is 0 Å². The highest BCUT2D eigenvalue weighted by Gasteiger charge is 2.22. The summed E-state index contributed by atoms with van der Waals surface area (Å²) in [6.45, 7) is 3.84. The summed E-state index contributed by atoms with van der Waals surface area (Å²) >= 11 is 0. The van der Waals surface area contributed by atoms with Gasteiger partial charge in [0.15, 0.2) is 5.69 Å². The van der Waals surface area contributed by atoms with Gasteiger partial charge in [-0.15, -0.1) is 0 Å². The lowest BCUT2D eigenvalue weighted by Crippen LogP contribution is -2.44. The second kappa shape index (κ2) is 9.15. The van der Waals surface area contributed by atoms with Gasteiger partial charge in [0.2, 0.25) is 0 Å². The summed E-state index contributed by atoms with van der Waals surface area (Å²) in [5, 5.41) is 11.4. The zero-order valence-corrected chi connectivity index (χ0v) is 17.4. The summed E-state index contributed by atoms with van der Waals surface area (Å²) in [5.74, 6) is -3.61. The fourth-order valence-electron chi connectivity index (χ4n) is 3.47. The van der Waals surface area contributed by atoms with Crippen LogP contribution in [0.2, 0.25) is 0 Å². The number of aromatic nitrogens is 2. The maximum absolute atomic E-state index is 13.9. The molecule has 1 fully saturated rings. The Balaban J connectivity index is 1.43. The molecule has 0 aliphatic carbocycles. The quantitative estimate of drug-likeness (QED) is 0.567. The van der Waals surface area contributed by atoms with Gasteiger partial charge in [0.25, 0.3) is 11.8 Å². The van der Waals surface area contributed by atoms with Crippen LogP contribution in [0.25, 0.3) is 0 Å². The average Bonchev–Trinajstić information content (AvgIpc) is 3.23. The van der Waals surface area contributed by atoms with Crippen LogP contribution in [0.5, 0.6) is 0 Å². The van der Waals surface area contributed by atoms with Crippen LogP contribution in [0.4, 0.5) is 25.8 Å². The second-order valence-electron chi connectivity index (χ2n) is 7.49. The molecule has 0 saturated carbocycles. The Morgan fingerprint density at radius 3 is 2.25 bits per heavy atom. The molecule has 1 saturated heterocycles. The number of halogens is 2. The van der Waals surface area contributed by atoms with Gasteiger partial charge in [0.05, 0.1) is 5.69 Å². The molecule has 4 rings (SSSR count). The Hall–Kier alpha value is -3.79. The van der Waals surface area contributed by atoms with Crippen molar-refractivity contribution < 1.29 is 18.4 Å². The number of rotatable bonds is 5. The summed E-state index contributed by atoms with van der Waals surface area (Å²) in [5.41, 5.74) is 0.769. The number of hydrogen-bond acceptors (Lipinski definition) is 5. The molecule has 3 aromatic rings. The number of H-pyrrole nitrogens is 1. The monoisotopic (exact) mass is 440 g/mol. The Bertz CT molecular complexity index is 1100. The number of likely N-dealkylation sites (N-methyl/N-ethyl adjacent to an activating group) is 1. The Morgan fingerprint density at radius 1 is 0.938 bits per heavy atom. The first kappa shape index (κ1) is 21.4. The molecule has 3 N–H and O–H groups in total. The first-order valence-electron chi connectivity index (χ1n) is 10.1. The van der Waals surface area contributed by atoms with Gasteiger partial charge < -0.3 is 20.4 Å². The SMILES string of the molecule is CN1CCN(c2ccc(NC(=O)c3n[nH]cc3NC(=O)c3c(F)cccc3F)cc2)CC1. The summed E-state index contributed by atoms with van der Waals surface area (Å²) < 4.78 is 27.7. The minimum atomic E-state index is -1.02. The van der Waals surface area contributed by atoms with Crippen molar-refractivity contribution in [1.82, 2.24) is 15.1 Å². The van der Waals surface area contributed by atoms with E-state index in [1.165, 1.54) is 6.20 Å². The molecular formula is C22H22F2N6O2. The molecule has 32 heavy (non-hydrogen) atoms. The molecule has 1 aromatic heterocycles. The Morgan fingerprint density at radius 2 is 1.59 bits per heavy atom. The first-order chi connectivity index (χ1) is 15.4. The zero-order valence-electron chi connectivity index (χ0n) is 17.4. The number of benzene rings is 2. The van der Waals surface area contributed by atoms with Crippen molar-refractivity contribution in [1.29, 1.82) is 0 Å². The van der Waals surface area contributed by atoms with Gasteiger partial charge in [-0.25, -0.2) is 8.78 Å². The largest absolute Gasteiger partial charge is 0.369 e. The van der Waals surface area contributed by atoms with Crippen molar-refractivity contribution in [3.63, 3.8) is 0 Å². The predicted octanol–water partition coefficient (Wildman–Crippen LogP) is 2.94. The zero-order chi connectivity index (χ0) is 22.7. The van der Waals surface area contributed by atoms with Crippen molar-refractivity contribution in [3.05, 3.63) is 71.6 Å². The highest BCUT2D eigenvalue weighted by Crippen LogP contribution is 2.21. The van der Waals surface area contributed by atoms with E-state index in [1.54, 1.807) is 12.1 Å². The van der Waals surface area contributed by atoms with Crippen LogP contribution >= 0.6 is 0 Å². The van der Waals surface area contributed by atoms with E-state index in [-0.39, 0.29) is 11.4 Å². The third-order valence-corrected chi connectivity index (χ3v) is 5.29. The normalized spacial score (nSPS) is 14.3. The second-order valence-corrected chi connectivity index (χ2v) is 7.49. The maximum Gasteiger partial charge on any atom is 0.278 e. The van der Waals surface area contributed by atoms with Crippen LogP contribution in [-0.4, -0.2) is 60.1 Å². The summed E-state index contributed by atoms with van der Waals surface area (Å²) in [4.78, 5) is 29.5. The minimum Gasteiger partial charge on any atom is -0.369 e. The van der Waals surface area contributed by atoms with Gasteiger partial charge in [-0.3, -0.25) is 14.7 Å². The topological polar surface area (TPSA) is 93.4 Å². The van der Waals surface area contributed by atoms with Crippen LogP contribution in [0.1, 0.15) is 20.8 Å². The van der Waals surface area contributed by atoms with Gasteiger partial charge in [-0.2, -0.15) is 5.10 Å². The van der Waals surface area contributed by atoms with Gasteiger partial charge in [-0.1, -0.05) is 6.07 Å². The summed E-state index contributed by atoms with van der Waals surface area (Å²) in [6, 6.07) is 10.5. The number of piperazine rings is 1. The minimum absolute atomic E-state index is 0.00390. The molecule has 0 unspecified atom stereocenters. The van der Waals surface area contributed by atoms with Crippen LogP contribution in [0, 0.1) is 11.6 Å². The van der Waals surface area contributed by atoms with E-state index < -0.39 is 29.0 Å². The number of nitrogens with zero attached hydrogens (tertiary/aromatic N) is 3. The van der Waals surface area contributed by atoms with E-state index in [2.05, 4.69) is 37.7 Å². The van der Waals surface area contributed by atoms with E-state index in [1.807, 2.05) is 12.1 Å². The molecule has 1 aliphatic rings. The van der Waals surface area contributed by atoms with Crippen molar-refractivity contribution in [2.45, 2.75) is 0 Å². The van der Waals surface area contributed by atoms with Gasteiger partial charge in [0, 0.05) is 43.8 Å². The molecule has 2 amide bonds. The number of carbonyl (C=O) groups excluding carboxylic acids is 2. The smallest absolute Gasteiger partial charge is 0.278 e. The molecule has 2 aromatic carbocycles. The fourth-order valence-corrected chi connectivity index (χ4v) is 3.47. The number of nitrogens with one attached hydrogen (secondary N) is 3. The fraction of sp³-hybridized carbons (Fsp3) is 0.227. The highest BCUT2D eigenvalue weighted by atomic mass is 19.1. The number of aromatic amines is 1. The molecule has 0 radical (unpaired) electrons. The van der Waals surface area contributed by atoms with E-state index >= 15 is 0 Å². The number of carbonyl (C=O) groups is 2.